The lowest BCUT2D eigenvalue weighted by Gasteiger charge is -2.23. The molecular weight excluding hydrogens is 310 g/mol. The van der Waals surface area contributed by atoms with Crippen LogP contribution >= 0.6 is 11.6 Å². The zero-order chi connectivity index (χ0) is 15.9. The topological polar surface area (TPSA) is 53.5 Å². The number of hydrogen-bond donors (Lipinski definition) is 0. The fourth-order valence-corrected chi connectivity index (χ4v) is 4.04. The summed E-state index contributed by atoms with van der Waals surface area (Å²) in [4.78, 5) is 6.22. The molecule has 0 amide bonds. The van der Waals surface area contributed by atoms with Crippen molar-refractivity contribution in [3.63, 3.8) is 0 Å². The molecule has 0 saturated carbocycles. The lowest BCUT2D eigenvalue weighted by atomic mass is 10.3. The molecule has 0 aliphatic heterocycles. The van der Waals surface area contributed by atoms with Gasteiger partial charge in [0.15, 0.2) is 0 Å². The van der Waals surface area contributed by atoms with Crippen LogP contribution in [0, 0.1) is 0 Å². The Morgan fingerprint density at radius 1 is 1.14 bits per heavy atom. The Labute approximate surface area is 133 Å². The van der Waals surface area contributed by atoms with Crippen molar-refractivity contribution >= 4 is 21.6 Å². The van der Waals surface area contributed by atoms with E-state index in [0.717, 1.165) is 26.1 Å². The maximum Gasteiger partial charge on any atom is 0.246 e. The first kappa shape index (κ1) is 18.4. The Morgan fingerprint density at radius 2 is 1.81 bits per heavy atom. The Kier molecular flexibility index (Phi) is 7.59. The molecular formula is C14H24ClN3O2S. The Bertz CT molecular complexity index is 533. The van der Waals surface area contributed by atoms with Gasteiger partial charge in [0.25, 0.3) is 0 Å². The minimum atomic E-state index is -3.57. The molecule has 1 aromatic heterocycles. The van der Waals surface area contributed by atoms with Crippen molar-refractivity contribution in [3.05, 3.63) is 23.5 Å². The van der Waals surface area contributed by atoms with Crippen molar-refractivity contribution in [3.8, 4) is 0 Å². The standard InChI is InChI=1S/C14H24ClN3O2S/c1-4-17(5-2)10-7-11-18(6-3)21(19,20)14-12-16-9-8-13(14)15/h8-9,12H,4-7,10-11H2,1-3H3. The first-order valence-electron chi connectivity index (χ1n) is 7.29. The van der Waals surface area contributed by atoms with Crippen LogP contribution in [0.4, 0.5) is 0 Å². The zero-order valence-corrected chi connectivity index (χ0v) is 14.5. The van der Waals surface area contributed by atoms with E-state index in [9.17, 15) is 8.42 Å². The van der Waals surface area contributed by atoms with Crippen molar-refractivity contribution in [1.82, 2.24) is 14.2 Å². The predicted molar refractivity (Wildman–Crippen MR) is 86.1 cm³/mol. The van der Waals surface area contributed by atoms with Crippen LogP contribution in [0.5, 0.6) is 0 Å². The summed E-state index contributed by atoms with van der Waals surface area (Å²) in [6.07, 6.45) is 3.59. The molecule has 0 fully saturated rings. The highest BCUT2D eigenvalue weighted by Gasteiger charge is 2.25. The third-order valence-electron chi connectivity index (χ3n) is 3.48. The monoisotopic (exact) mass is 333 g/mol. The first-order chi connectivity index (χ1) is 9.97. The van der Waals surface area contributed by atoms with Gasteiger partial charge in [-0.2, -0.15) is 4.31 Å². The molecule has 1 aromatic rings. The van der Waals surface area contributed by atoms with E-state index < -0.39 is 10.0 Å². The van der Waals surface area contributed by atoms with Gasteiger partial charge in [0.2, 0.25) is 10.0 Å². The average molecular weight is 334 g/mol. The molecule has 0 N–H and O–H groups in total. The molecule has 0 radical (unpaired) electrons. The smallest absolute Gasteiger partial charge is 0.246 e. The molecule has 0 spiro atoms. The number of aromatic nitrogens is 1. The molecule has 0 saturated heterocycles. The number of hydrogen-bond acceptors (Lipinski definition) is 4. The molecule has 0 bridgehead atoms. The minimum Gasteiger partial charge on any atom is -0.304 e. The van der Waals surface area contributed by atoms with Gasteiger partial charge in [-0.15, -0.1) is 0 Å². The van der Waals surface area contributed by atoms with Gasteiger partial charge in [-0.05, 0) is 32.1 Å². The predicted octanol–water partition coefficient (Wildman–Crippen LogP) is 2.48. The lowest BCUT2D eigenvalue weighted by Crippen LogP contribution is -2.34. The average Bonchev–Trinajstić information content (AvgIpc) is 2.47. The number of nitrogens with zero attached hydrogens (tertiary/aromatic N) is 3. The van der Waals surface area contributed by atoms with Gasteiger partial charge in [0, 0.05) is 25.5 Å². The Hall–Kier alpha value is -0.690. The van der Waals surface area contributed by atoms with E-state index in [4.69, 9.17) is 11.6 Å². The molecule has 7 heteroatoms. The van der Waals surface area contributed by atoms with Gasteiger partial charge in [0.05, 0.1) is 5.02 Å². The summed E-state index contributed by atoms with van der Waals surface area (Å²) >= 11 is 5.99. The van der Waals surface area contributed by atoms with Crippen LogP contribution in [0.15, 0.2) is 23.4 Å². The minimum absolute atomic E-state index is 0.0800. The zero-order valence-electron chi connectivity index (χ0n) is 12.9. The fraction of sp³-hybridized carbons (Fsp3) is 0.643. The summed E-state index contributed by atoms with van der Waals surface area (Å²) in [6.45, 7) is 9.79. The molecule has 0 aromatic carbocycles. The van der Waals surface area contributed by atoms with Crippen molar-refractivity contribution in [1.29, 1.82) is 0 Å². The van der Waals surface area contributed by atoms with Crippen LogP contribution in [0.3, 0.4) is 0 Å². The van der Waals surface area contributed by atoms with Crippen LogP contribution in [-0.2, 0) is 10.0 Å². The van der Waals surface area contributed by atoms with Crippen LogP contribution in [0.1, 0.15) is 27.2 Å². The van der Waals surface area contributed by atoms with Gasteiger partial charge in [0.1, 0.15) is 4.90 Å². The van der Waals surface area contributed by atoms with Gasteiger partial charge in [-0.3, -0.25) is 4.98 Å². The largest absolute Gasteiger partial charge is 0.304 e. The van der Waals surface area contributed by atoms with E-state index in [-0.39, 0.29) is 9.92 Å². The summed E-state index contributed by atoms with van der Waals surface area (Å²) in [6, 6.07) is 1.50. The molecule has 1 heterocycles. The highest BCUT2D eigenvalue weighted by molar-refractivity contribution is 7.89. The molecule has 1 rings (SSSR count). The van der Waals surface area contributed by atoms with E-state index >= 15 is 0 Å². The van der Waals surface area contributed by atoms with Crippen LogP contribution < -0.4 is 0 Å². The third-order valence-corrected chi connectivity index (χ3v) is 5.92. The SMILES string of the molecule is CCN(CC)CCCN(CC)S(=O)(=O)c1cnccc1Cl. The Balaban J connectivity index is 2.77. The lowest BCUT2D eigenvalue weighted by molar-refractivity contribution is 0.285. The van der Waals surface area contributed by atoms with E-state index in [1.165, 1.54) is 22.8 Å². The van der Waals surface area contributed by atoms with Gasteiger partial charge in [-0.25, -0.2) is 8.42 Å². The summed E-state index contributed by atoms with van der Waals surface area (Å²) in [7, 11) is -3.57. The summed E-state index contributed by atoms with van der Waals surface area (Å²) in [5, 5.41) is 0.215. The number of pyridine rings is 1. The van der Waals surface area contributed by atoms with Gasteiger partial charge >= 0.3 is 0 Å². The second-order valence-electron chi connectivity index (χ2n) is 4.68. The number of halogens is 1. The van der Waals surface area contributed by atoms with E-state index in [2.05, 4.69) is 23.7 Å². The highest BCUT2D eigenvalue weighted by atomic mass is 35.5. The van der Waals surface area contributed by atoms with Crippen LogP contribution in [-0.4, -0.2) is 55.3 Å². The molecule has 0 atom stereocenters. The van der Waals surface area contributed by atoms with E-state index in [1.54, 1.807) is 0 Å². The molecule has 120 valence electrons. The molecule has 5 nitrogen and oxygen atoms in total. The van der Waals surface area contributed by atoms with E-state index in [0.29, 0.717) is 13.1 Å². The fourth-order valence-electron chi connectivity index (χ4n) is 2.15. The maximum absolute atomic E-state index is 12.6. The maximum atomic E-state index is 12.6. The number of rotatable bonds is 9. The molecule has 0 aliphatic rings. The van der Waals surface area contributed by atoms with Crippen molar-refractivity contribution < 1.29 is 8.42 Å². The summed E-state index contributed by atoms with van der Waals surface area (Å²) in [5.74, 6) is 0. The third kappa shape index (κ3) is 4.92. The summed E-state index contributed by atoms with van der Waals surface area (Å²) < 4.78 is 26.6. The van der Waals surface area contributed by atoms with Gasteiger partial charge < -0.3 is 4.90 Å². The van der Waals surface area contributed by atoms with Crippen LogP contribution in [0.2, 0.25) is 5.02 Å². The van der Waals surface area contributed by atoms with Crippen molar-refractivity contribution in [2.24, 2.45) is 0 Å². The Morgan fingerprint density at radius 3 is 2.33 bits per heavy atom. The molecule has 21 heavy (non-hydrogen) atoms. The highest BCUT2D eigenvalue weighted by Crippen LogP contribution is 2.23. The quantitative estimate of drug-likeness (QED) is 0.696. The van der Waals surface area contributed by atoms with Gasteiger partial charge in [-0.1, -0.05) is 32.4 Å². The second-order valence-corrected chi connectivity index (χ2v) is 7.00. The number of sulfonamides is 1. The first-order valence-corrected chi connectivity index (χ1v) is 9.11. The van der Waals surface area contributed by atoms with E-state index in [1.807, 2.05) is 6.92 Å². The molecule has 0 aliphatic carbocycles. The molecule has 0 unspecified atom stereocenters. The summed E-state index contributed by atoms with van der Waals surface area (Å²) in [5.41, 5.74) is 0. The van der Waals surface area contributed by atoms with Crippen molar-refractivity contribution in [2.75, 3.05) is 32.7 Å². The van der Waals surface area contributed by atoms with Crippen molar-refractivity contribution in [2.45, 2.75) is 32.1 Å². The normalized spacial score (nSPS) is 12.3. The van der Waals surface area contributed by atoms with Crippen LogP contribution in [0.25, 0.3) is 0 Å². The second kappa shape index (κ2) is 8.68.